The highest BCUT2D eigenvalue weighted by atomic mass is 14.9. The molecule has 6 aromatic carbocycles. The van der Waals surface area contributed by atoms with E-state index in [1.807, 2.05) is 0 Å². The van der Waals surface area contributed by atoms with E-state index in [-0.39, 0.29) is 16.2 Å². The van der Waals surface area contributed by atoms with Gasteiger partial charge in [0, 0.05) is 27.6 Å². The second-order valence-corrected chi connectivity index (χ2v) is 14.7. The van der Waals surface area contributed by atoms with Gasteiger partial charge in [0.1, 0.15) is 0 Å². The minimum Gasteiger partial charge on any atom is -0.355 e. The Bertz CT molecular complexity index is 2230. The molecule has 1 heteroatoms. The van der Waals surface area contributed by atoms with Gasteiger partial charge < -0.3 is 5.32 Å². The molecule has 0 fully saturated rings. The van der Waals surface area contributed by atoms with Crippen LogP contribution in [0, 0.1) is 0 Å². The molecule has 3 aliphatic carbocycles. The highest BCUT2D eigenvalue weighted by Crippen LogP contribution is 2.57. The summed E-state index contributed by atoms with van der Waals surface area (Å²) in [5.41, 5.74) is 18.9. The zero-order chi connectivity index (χ0) is 30.2. The van der Waals surface area contributed by atoms with Crippen LogP contribution in [0.15, 0.2) is 109 Å². The fraction of sp³-hybridized carbons (Fsp3) is 0.209. The van der Waals surface area contributed by atoms with Gasteiger partial charge in [-0.05, 0) is 114 Å². The van der Waals surface area contributed by atoms with Gasteiger partial charge in [-0.25, -0.2) is 0 Å². The lowest BCUT2D eigenvalue weighted by atomic mass is 9.79. The third-order valence-electron chi connectivity index (χ3n) is 11.2. The Morgan fingerprint density at radius 3 is 1.80 bits per heavy atom. The van der Waals surface area contributed by atoms with Crippen LogP contribution in [0.2, 0.25) is 0 Å². The summed E-state index contributed by atoms with van der Waals surface area (Å²) in [6.07, 6.45) is 0. The lowest BCUT2D eigenvalue weighted by Gasteiger charge is -2.24. The second kappa shape index (κ2) is 8.30. The van der Waals surface area contributed by atoms with Crippen LogP contribution in [0.3, 0.4) is 0 Å². The van der Waals surface area contributed by atoms with Crippen LogP contribution in [0.4, 0.5) is 11.4 Å². The summed E-state index contributed by atoms with van der Waals surface area (Å²) in [6, 6.07) is 41.3. The van der Waals surface area contributed by atoms with Crippen molar-refractivity contribution in [3.8, 4) is 33.4 Å². The van der Waals surface area contributed by atoms with Crippen molar-refractivity contribution in [2.45, 2.75) is 57.8 Å². The summed E-state index contributed by atoms with van der Waals surface area (Å²) in [6.45, 7) is 14.2. The zero-order valence-electron chi connectivity index (χ0n) is 26.4. The molecule has 0 radical (unpaired) electrons. The Kier molecular flexibility index (Phi) is 4.87. The average molecular weight is 568 g/mol. The Balaban J connectivity index is 1.13. The van der Waals surface area contributed by atoms with E-state index in [1.54, 1.807) is 0 Å². The zero-order valence-corrected chi connectivity index (χ0v) is 26.4. The largest absolute Gasteiger partial charge is 0.355 e. The van der Waals surface area contributed by atoms with E-state index in [2.05, 4.69) is 156 Å². The molecule has 0 unspecified atom stereocenters. The fourth-order valence-electron chi connectivity index (χ4n) is 8.77. The Morgan fingerprint density at radius 1 is 0.386 bits per heavy atom. The molecule has 0 amide bonds. The van der Waals surface area contributed by atoms with Gasteiger partial charge >= 0.3 is 0 Å². The molecule has 0 heterocycles. The first-order valence-corrected chi connectivity index (χ1v) is 15.9. The number of anilines is 2. The summed E-state index contributed by atoms with van der Waals surface area (Å²) < 4.78 is 0. The lowest BCUT2D eigenvalue weighted by molar-refractivity contribution is 0.652. The third-order valence-corrected chi connectivity index (χ3v) is 11.2. The number of rotatable bonds is 2. The van der Waals surface area contributed by atoms with Crippen LogP contribution < -0.4 is 5.32 Å². The second-order valence-electron chi connectivity index (χ2n) is 14.7. The van der Waals surface area contributed by atoms with Gasteiger partial charge in [-0.15, -0.1) is 0 Å². The van der Waals surface area contributed by atoms with Gasteiger partial charge in [0.2, 0.25) is 0 Å². The molecular weight excluding hydrogens is 530 g/mol. The van der Waals surface area contributed by atoms with Crippen LogP contribution in [0.5, 0.6) is 0 Å². The van der Waals surface area contributed by atoms with Gasteiger partial charge in [-0.2, -0.15) is 0 Å². The summed E-state index contributed by atoms with van der Waals surface area (Å²) in [4.78, 5) is 0. The standard InChI is InChI=1S/C43H37N/c1-41(2)34-14-10-9-13-29(34)31-21-26(17-20-35(31)41)44-27-16-18-30-32-23-39-33(24-38(32)43(5,6)37(30)22-27)40-28-12-8-7-11-25(28)15-19-36(40)42(39,3)4/h7-24,44H,1-6H3. The van der Waals surface area contributed by atoms with Gasteiger partial charge in [0.05, 0.1) is 0 Å². The fourth-order valence-corrected chi connectivity index (χ4v) is 8.77. The summed E-state index contributed by atoms with van der Waals surface area (Å²) in [7, 11) is 0. The monoisotopic (exact) mass is 567 g/mol. The Labute approximate surface area is 260 Å². The molecule has 6 aromatic rings. The maximum Gasteiger partial charge on any atom is 0.0390 e. The molecule has 1 N–H and O–H groups in total. The predicted molar refractivity (Wildman–Crippen MR) is 186 cm³/mol. The number of benzene rings is 6. The van der Waals surface area contributed by atoms with E-state index >= 15 is 0 Å². The predicted octanol–water partition coefficient (Wildman–Crippen LogP) is 11.5. The van der Waals surface area contributed by atoms with Crippen LogP contribution >= 0.6 is 0 Å². The van der Waals surface area contributed by atoms with Crippen molar-refractivity contribution in [1.82, 2.24) is 0 Å². The van der Waals surface area contributed by atoms with Gasteiger partial charge in [-0.1, -0.05) is 114 Å². The first kappa shape index (κ1) is 25.8. The van der Waals surface area contributed by atoms with E-state index in [1.165, 1.54) is 77.5 Å². The van der Waals surface area contributed by atoms with Crippen molar-refractivity contribution in [1.29, 1.82) is 0 Å². The van der Waals surface area contributed by atoms with Gasteiger partial charge in [0.25, 0.3) is 0 Å². The molecule has 0 saturated heterocycles. The number of nitrogens with one attached hydrogen (secondary N) is 1. The molecule has 44 heavy (non-hydrogen) atoms. The highest BCUT2D eigenvalue weighted by Gasteiger charge is 2.42. The number of fused-ring (bicyclic) bond motifs is 11. The molecule has 1 nitrogen and oxygen atoms in total. The molecular formula is C43H37N. The lowest BCUT2D eigenvalue weighted by Crippen LogP contribution is -2.17. The van der Waals surface area contributed by atoms with Crippen LogP contribution in [0.25, 0.3) is 44.2 Å². The third kappa shape index (κ3) is 3.20. The van der Waals surface area contributed by atoms with Crippen LogP contribution in [-0.4, -0.2) is 0 Å². The quantitative estimate of drug-likeness (QED) is 0.219. The van der Waals surface area contributed by atoms with Gasteiger partial charge in [0.15, 0.2) is 0 Å². The summed E-state index contributed by atoms with van der Waals surface area (Å²) in [5, 5.41) is 6.45. The van der Waals surface area contributed by atoms with E-state index in [0.29, 0.717) is 0 Å². The molecule has 0 atom stereocenters. The van der Waals surface area contributed by atoms with E-state index < -0.39 is 0 Å². The average Bonchev–Trinajstić information content (AvgIpc) is 3.49. The first-order valence-electron chi connectivity index (χ1n) is 15.9. The Morgan fingerprint density at radius 2 is 0.932 bits per heavy atom. The number of hydrogen-bond donors (Lipinski definition) is 1. The molecule has 0 aliphatic heterocycles. The molecule has 0 bridgehead atoms. The minimum atomic E-state index is -0.101. The van der Waals surface area contributed by atoms with Crippen molar-refractivity contribution >= 4 is 22.1 Å². The van der Waals surface area contributed by atoms with Crippen LogP contribution in [-0.2, 0) is 16.2 Å². The highest BCUT2D eigenvalue weighted by molar-refractivity contribution is 6.03. The summed E-state index contributed by atoms with van der Waals surface area (Å²) in [5.74, 6) is 0. The normalized spacial score (nSPS) is 17.0. The molecule has 9 rings (SSSR count). The van der Waals surface area contributed by atoms with Crippen molar-refractivity contribution in [2.24, 2.45) is 0 Å². The Hall–Kier alpha value is -4.62. The number of hydrogen-bond acceptors (Lipinski definition) is 1. The van der Waals surface area contributed by atoms with Gasteiger partial charge in [-0.3, -0.25) is 0 Å². The maximum atomic E-state index is 3.78. The van der Waals surface area contributed by atoms with E-state index in [9.17, 15) is 0 Å². The topological polar surface area (TPSA) is 12.0 Å². The van der Waals surface area contributed by atoms with Crippen molar-refractivity contribution in [2.75, 3.05) is 5.32 Å². The van der Waals surface area contributed by atoms with Crippen molar-refractivity contribution < 1.29 is 0 Å². The minimum absolute atomic E-state index is 0.0233. The van der Waals surface area contributed by atoms with Crippen LogP contribution in [0.1, 0.15) is 74.9 Å². The molecule has 3 aliphatic rings. The van der Waals surface area contributed by atoms with E-state index in [4.69, 9.17) is 0 Å². The SMILES string of the molecule is CC1(C)c2ccccc2-c2cc(Nc3ccc4c(c3)C(C)(C)c3cc5c(cc3-4)C(C)(C)c3ccc4ccccc4c3-5)ccc21. The molecule has 0 saturated carbocycles. The van der Waals surface area contributed by atoms with Crippen molar-refractivity contribution in [3.05, 3.63) is 143 Å². The molecule has 0 aromatic heterocycles. The maximum absolute atomic E-state index is 3.78. The summed E-state index contributed by atoms with van der Waals surface area (Å²) >= 11 is 0. The molecule has 0 spiro atoms. The van der Waals surface area contributed by atoms with E-state index in [0.717, 1.165) is 11.4 Å². The first-order chi connectivity index (χ1) is 21.1. The smallest absolute Gasteiger partial charge is 0.0390 e. The van der Waals surface area contributed by atoms with Crippen molar-refractivity contribution in [3.63, 3.8) is 0 Å². The molecule has 214 valence electrons.